The van der Waals surface area contributed by atoms with E-state index < -0.39 is 0 Å². The SMILES string of the molecule is COC(=O)NC1CCN(c2cc(C)ccc2CN)C1. The van der Waals surface area contributed by atoms with Crippen LogP contribution < -0.4 is 16.0 Å². The molecule has 5 nitrogen and oxygen atoms in total. The van der Waals surface area contributed by atoms with Crippen LogP contribution >= 0.6 is 0 Å². The predicted octanol–water partition coefficient (Wildman–Crippen LogP) is 1.39. The van der Waals surface area contributed by atoms with Gasteiger partial charge >= 0.3 is 6.09 Å². The Hall–Kier alpha value is -1.75. The number of benzene rings is 1. The van der Waals surface area contributed by atoms with Crippen molar-refractivity contribution in [1.82, 2.24) is 5.32 Å². The summed E-state index contributed by atoms with van der Waals surface area (Å²) in [5, 5.41) is 2.85. The van der Waals surface area contributed by atoms with Crippen LogP contribution in [0.1, 0.15) is 17.5 Å². The summed E-state index contributed by atoms with van der Waals surface area (Å²) in [6.45, 7) is 4.32. The number of nitrogens with zero attached hydrogens (tertiary/aromatic N) is 1. The van der Waals surface area contributed by atoms with Crippen LogP contribution in [0.2, 0.25) is 0 Å². The number of ether oxygens (including phenoxy) is 1. The highest BCUT2D eigenvalue weighted by molar-refractivity contribution is 5.67. The van der Waals surface area contributed by atoms with Gasteiger partial charge in [-0.2, -0.15) is 0 Å². The largest absolute Gasteiger partial charge is 0.453 e. The third-order valence-electron chi connectivity index (χ3n) is 3.50. The second-order valence-corrected chi connectivity index (χ2v) is 4.90. The van der Waals surface area contributed by atoms with Gasteiger partial charge in [0.25, 0.3) is 0 Å². The average molecular weight is 263 g/mol. The standard InChI is InChI=1S/C14H21N3O2/c1-10-3-4-11(8-15)13(7-10)17-6-5-12(9-17)16-14(18)19-2/h3-4,7,12H,5-6,8-9,15H2,1-2H3,(H,16,18). The van der Waals surface area contributed by atoms with Crippen molar-refractivity contribution < 1.29 is 9.53 Å². The molecule has 1 aromatic carbocycles. The van der Waals surface area contributed by atoms with E-state index >= 15 is 0 Å². The molecule has 0 saturated carbocycles. The van der Waals surface area contributed by atoms with Gasteiger partial charge in [-0.1, -0.05) is 12.1 Å². The summed E-state index contributed by atoms with van der Waals surface area (Å²) in [7, 11) is 1.38. The van der Waals surface area contributed by atoms with Gasteiger partial charge in [0.05, 0.1) is 13.2 Å². The van der Waals surface area contributed by atoms with Gasteiger partial charge in [-0.3, -0.25) is 0 Å². The van der Waals surface area contributed by atoms with E-state index in [1.165, 1.54) is 18.4 Å². The second kappa shape index (κ2) is 5.93. The average Bonchev–Trinajstić information content (AvgIpc) is 2.86. The summed E-state index contributed by atoms with van der Waals surface area (Å²) < 4.78 is 4.63. The highest BCUT2D eigenvalue weighted by atomic mass is 16.5. The second-order valence-electron chi connectivity index (χ2n) is 4.90. The number of aryl methyl sites for hydroxylation is 1. The van der Waals surface area contributed by atoms with Crippen LogP contribution in [0.4, 0.5) is 10.5 Å². The summed E-state index contributed by atoms with van der Waals surface area (Å²) in [5.74, 6) is 0. The third kappa shape index (κ3) is 3.17. The van der Waals surface area contributed by atoms with Crippen molar-refractivity contribution in [2.24, 2.45) is 5.73 Å². The zero-order valence-corrected chi connectivity index (χ0v) is 11.5. The summed E-state index contributed by atoms with van der Waals surface area (Å²) in [6.07, 6.45) is 0.558. The minimum Gasteiger partial charge on any atom is -0.453 e. The van der Waals surface area contributed by atoms with Crippen LogP contribution in [-0.2, 0) is 11.3 Å². The molecule has 1 unspecified atom stereocenters. The number of nitrogens with two attached hydrogens (primary N) is 1. The van der Waals surface area contributed by atoms with E-state index in [2.05, 4.69) is 40.1 Å². The topological polar surface area (TPSA) is 67.6 Å². The first-order valence-corrected chi connectivity index (χ1v) is 6.53. The highest BCUT2D eigenvalue weighted by Crippen LogP contribution is 2.25. The Bertz CT molecular complexity index is 462. The number of methoxy groups -OCH3 is 1. The van der Waals surface area contributed by atoms with E-state index in [0.717, 1.165) is 25.1 Å². The van der Waals surface area contributed by atoms with Gasteiger partial charge in [0, 0.05) is 25.3 Å². The molecule has 104 valence electrons. The molecule has 1 aromatic rings. The van der Waals surface area contributed by atoms with Crippen LogP contribution in [0.5, 0.6) is 0 Å². The molecular formula is C14H21N3O2. The number of rotatable bonds is 3. The maximum atomic E-state index is 11.2. The summed E-state index contributed by atoms with van der Waals surface area (Å²) >= 11 is 0. The van der Waals surface area contributed by atoms with Gasteiger partial charge in [-0.05, 0) is 30.5 Å². The van der Waals surface area contributed by atoms with Crippen LogP contribution in [0.3, 0.4) is 0 Å². The molecule has 0 aromatic heterocycles. The first kappa shape index (κ1) is 13.7. The van der Waals surface area contributed by atoms with Crippen molar-refractivity contribution in [1.29, 1.82) is 0 Å². The molecule has 1 heterocycles. The first-order chi connectivity index (χ1) is 9.13. The van der Waals surface area contributed by atoms with E-state index in [9.17, 15) is 4.79 Å². The molecule has 2 rings (SSSR count). The lowest BCUT2D eigenvalue weighted by atomic mass is 10.1. The highest BCUT2D eigenvalue weighted by Gasteiger charge is 2.25. The fourth-order valence-corrected chi connectivity index (χ4v) is 2.46. The molecule has 1 aliphatic rings. The number of nitrogens with one attached hydrogen (secondary N) is 1. The van der Waals surface area contributed by atoms with E-state index in [1.807, 2.05) is 0 Å². The predicted molar refractivity (Wildman–Crippen MR) is 75.2 cm³/mol. The summed E-state index contributed by atoms with van der Waals surface area (Å²) in [6, 6.07) is 6.44. The molecule has 5 heteroatoms. The Kier molecular flexibility index (Phi) is 4.27. The van der Waals surface area contributed by atoms with Crippen LogP contribution in [0.25, 0.3) is 0 Å². The lowest BCUT2D eigenvalue weighted by Gasteiger charge is -2.22. The molecule has 1 fully saturated rings. The van der Waals surface area contributed by atoms with Gasteiger partial charge in [-0.15, -0.1) is 0 Å². The quantitative estimate of drug-likeness (QED) is 0.864. The molecule has 1 atom stereocenters. The fourth-order valence-electron chi connectivity index (χ4n) is 2.46. The van der Waals surface area contributed by atoms with E-state index in [0.29, 0.717) is 6.54 Å². The normalized spacial score (nSPS) is 18.5. The third-order valence-corrected chi connectivity index (χ3v) is 3.50. The first-order valence-electron chi connectivity index (χ1n) is 6.53. The zero-order valence-electron chi connectivity index (χ0n) is 11.5. The van der Waals surface area contributed by atoms with Crippen LogP contribution in [0, 0.1) is 6.92 Å². The molecule has 0 aliphatic carbocycles. The Morgan fingerprint density at radius 1 is 1.58 bits per heavy atom. The Morgan fingerprint density at radius 2 is 2.37 bits per heavy atom. The van der Waals surface area contributed by atoms with Crippen molar-refractivity contribution in [2.75, 3.05) is 25.1 Å². The van der Waals surface area contributed by atoms with E-state index in [4.69, 9.17) is 5.73 Å². The molecule has 19 heavy (non-hydrogen) atoms. The lowest BCUT2D eigenvalue weighted by Crippen LogP contribution is -2.37. The Labute approximate surface area is 113 Å². The molecule has 1 saturated heterocycles. The van der Waals surface area contributed by atoms with Gasteiger partial charge in [0.2, 0.25) is 0 Å². The van der Waals surface area contributed by atoms with Crippen molar-refractivity contribution in [3.05, 3.63) is 29.3 Å². The Morgan fingerprint density at radius 3 is 3.05 bits per heavy atom. The van der Waals surface area contributed by atoms with Crippen molar-refractivity contribution >= 4 is 11.8 Å². The number of amides is 1. The number of hydrogen-bond acceptors (Lipinski definition) is 4. The molecule has 1 amide bonds. The van der Waals surface area contributed by atoms with Crippen molar-refractivity contribution in [3.8, 4) is 0 Å². The van der Waals surface area contributed by atoms with Crippen LogP contribution in [0.15, 0.2) is 18.2 Å². The van der Waals surface area contributed by atoms with Gasteiger partial charge < -0.3 is 20.7 Å². The van der Waals surface area contributed by atoms with Crippen LogP contribution in [-0.4, -0.2) is 32.3 Å². The summed E-state index contributed by atoms with van der Waals surface area (Å²) in [4.78, 5) is 13.5. The van der Waals surface area contributed by atoms with Gasteiger partial charge in [0.15, 0.2) is 0 Å². The Balaban J connectivity index is 2.08. The molecule has 0 radical (unpaired) electrons. The monoisotopic (exact) mass is 263 g/mol. The molecule has 0 bridgehead atoms. The van der Waals surface area contributed by atoms with Crippen molar-refractivity contribution in [3.63, 3.8) is 0 Å². The number of carbonyl (C=O) groups excluding carboxylic acids is 1. The molecule has 3 N–H and O–H groups in total. The minimum absolute atomic E-state index is 0.138. The van der Waals surface area contributed by atoms with E-state index in [-0.39, 0.29) is 12.1 Å². The summed E-state index contributed by atoms with van der Waals surface area (Å²) in [5.41, 5.74) is 9.33. The number of carbonyl (C=O) groups is 1. The smallest absolute Gasteiger partial charge is 0.407 e. The number of anilines is 1. The van der Waals surface area contributed by atoms with Gasteiger partial charge in [0.1, 0.15) is 0 Å². The lowest BCUT2D eigenvalue weighted by molar-refractivity contribution is 0.167. The molecular weight excluding hydrogens is 242 g/mol. The number of hydrogen-bond donors (Lipinski definition) is 2. The zero-order chi connectivity index (χ0) is 13.8. The number of alkyl carbamates (subject to hydrolysis) is 1. The molecule has 1 aliphatic heterocycles. The van der Waals surface area contributed by atoms with Gasteiger partial charge in [-0.25, -0.2) is 4.79 Å². The van der Waals surface area contributed by atoms with E-state index in [1.54, 1.807) is 0 Å². The maximum absolute atomic E-state index is 11.2. The maximum Gasteiger partial charge on any atom is 0.407 e. The molecule has 0 spiro atoms. The fraction of sp³-hybridized carbons (Fsp3) is 0.500. The van der Waals surface area contributed by atoms with Crippen molar-refractivity contribution in [2.45, 2.75) is 25.9 Å². The minimum atomic E-state index is -0.366.